The van der Waals surface area contributed by atoms with Crippen molar-refractivity contribution in [1.82, 2.24) is 9.97 Å². The predicted molar refractivity (Wildman–Crippen MR) is 118 cm³/mol. The van der Waals surface area contributed by atoms with E-state index in [4.69, 9.17) is 21.1 Å². The summed E-state index contributed by atoms with van der Waals surface area (Å²) in [6.07, 6.45) is 3.76. The first-order chi connectivity index (χ1) is 15.0. The van der Waals surface area contributed by atoms with Crippen molar-refractivity contribution in [3.8, 4) is 5.75 Å². The van der Waals surface area contributed by atoms with Crippen LogP contribution >= 0.6 is 11.6 Å². The molecule has 4 rings (SSSR count). The highest BCUT2D eigenvalue weighted by molar-refractivity contribution is 6.31. The summed E-state index contributed by atoms with van der Waals surface area (Å²) >= 11 is 5.88. The van der Waals surface area contributed by atoms with Gasteiger partial charge in [-0.1, -0.05) is 17.7 Å². The van der Waals surface area contributed by atoms with E-state index in [1.807, 2.05) is 0 Å². The molecule has 0 spiro atoms. The Balaban J connectivity index is 1.73. The van der Waals surface area contributed by atoms with Crippen LogP contribution in [0.1, 0.15) is 12.8 Å². The summed E-state index contributed by atoms with van der Waals surface area (Å²) in [5, 5.41) is 6.62. The van der Waals surface area contributed by atoms with Gasteiger partial charge in [0.25, 0.3) is 0 Å². The number of carbonyl (C=O) groups is 1. The van der Waals surface area contributed by atoms with E-state index in [0.717, 1.165) is 6.42 Å². The number of benzene rings is 2. The normalized spacial score (nSPS) is 15.6. The molecule has 0 aliphatic carbocycles. The maximum Gasteiger partial charge on any atom is 0.228 e. The third-order valence-corrected chi connectivity index (χ3v) is 4.99. The number of fused-ring (bicyclic) bond motifs is 1. The number of halogens is 2. The van der Waals surface area contributed by atoms with Gasteiger partial charge in [0.1, 0.15) is 29.8 Å². The molecular formula is C22H20ClFN4O3. The van der Waals surface area contributed by atoms with E-state index in [2.05, 4.69) is 27.2 Å². The SMILES string of the molecule is C=CCC(=O)Nc1cc2c(Nc3ccc(F)c(Cl)c3)ncnc2cc1O[C@H]1CCOC1. The second kappa shape index (κ2) is 9.28. The Morgan fingerprint density at radius 2 is 2.23 bits per heavy atom. The molecule has 0 saturated carbocycles. The van der Waals surface area contributed by atoms with Crippen LogP contribution < -0.4 is 15.4 Å². The number of nitrogens with zero attached hydrogens (tertiary/aromatic N) is 2. The molecule has 1 aliphatic rings. The van der Waals surface area contributed by atoms with E-state index >= 15 is 0 Å². The minimum atomic E-state index is -0.510. The number of amides is 1. The Labute approximate surface area is 183 Å². The van der Waals surface area contributed by atoms with Crippen molar-refractivity contribution in [3.63, 3.8) is 0 Å². The first-order valence-electron chi connectivity index (χ1n) is 9.69. The van der Waals surface area contributed by atoms with E-state index < -0.39 is 5.82 Å². The summed E-state index contributed by atoms with van der Waals surface area (Å²) in [5.41, 5.74) is 1.66. The molecule has 1 saturated heterocycles. The monoisotopic (exact) mass is 442 g/mol. The average molecular weight is 443 g/mol. The number of anilines is 3. The van der Waals surface area contributed by atoms with Crippen molar-refractivity contribution in [2.45, 2.75) is 18.9 Å². The summed E-state index contributed by atoms with van der Waals surface area (Å²) < 4.78 is 24.9. The maximum atomic E-state index is 13.5. The fourth-order valence-corrected chi connectivity index (χ4v) is 3.39. The number of rotatable bonds is 7. The summed E-state index contributed by atoms with van der Waals surface area (Å²) in [6, 6.07) is 7.79. The third kappa shape index (κ3) is 4.92. The van der Waals surface area contributed by atoms with Gasteiger partial charge in [0, 0.05) is 30.0 Å². The summed E-state index contributed by atoms with van der Waals surface area (Å²) in [4.78, 5) is 20.8. The molecule has 160 valence electrons. The zero-order valence-electron chi connectivity index (χ0n) is 16.5. The molecule has 0 bridgehead atoms. The lowest BCUT2D eigenvalue weighted by molar-refractivity contribution is -0.115. The fraction of sp³-hybridized carbons (Fsp3) is 0.227. The van der Waals surface area contributed by atoms with E-state index in [0.29, 0.717) is 47.1 Å². The Morgan fingerprint density at radius 3 is 2.97 bits per heavy atom. The van der Waals surface area contributed by atoms with Crippen LogP contribution in [0.5, 0.6) is 5.75 Å². The molecule has 0 unspecified atom stereocenters. The van der Waals surface area contributed by atoms with Gasteiger partial charge in [0.05, 0.1) is 29.4 Å². The molecule has 2 N–H and O–H groups in total. The van der Waals surface area contributed by atoms with Crippen LogP contribution in [0.3, 0.4) is 0 Å². The number of ether oxygens (including phenoxy) is 2. The van der Waals surface area contributed by atoms with Gasteiger partial charge in [0.2, 0.25) is 5.91 Å². The zero-order chi connectivity index (χ0) is 21.8. The summed E-state index contributed by atoms with van der Waals surface area (Å²) in [5.74, 6) is 0.237. The quantitative estimate of drug-likeness (QED) is 0.509. The van der Waals surface area contributed by atoms with Crippen molar-refractivity contribution in [2.75, 3.05) is 23.8 Å². The van der Waals surface area contributed by atoms with Gasteiger partial charge in [-0.2, -0.15) is 0 Å². The number of hydrogen-bond acceptors (Lipinski definition) is 6. The highest BCUT2D eigenvalue weighted by Gasteiger charge is 2.21. The lowest BCUT2D eigenvalue weighted by Crippen LogP contribution is -2.18. The van der Waals surface area contributed by atoms with Crippen LogP contribution in [0.2, 0.25) is 5.02 Å². The second-order valence-electron chi connectivity index (χ2n) is 6.99. The van der Waals surface area contributed by atoms with Crippen LogP contribution in [-0.4, -0.2) is 35.2 Å². The number of hydrogen-bond donors (Lipinski definition) is 2. The summed E-state index contributed by atoms with van der Waals surface area (Å²) in [6.45, 7) is 4.71. The molecule has 0 radical (unpaired) electrons. The smallest absolute Gasteiger partial charge is 0.228 e. The lowest BCUT2D eigenvalue weighted by Gasteiger charge is -2.18. The molecule has 1 amide bonds. The van der Waals surface area contributed by atoms with E-state index in [-0.39, 0.29) is 23.5 Å². The van der Waals surface area contributed by atoms with Crippen LogP contribution in [0.15, 0.2) is 49.3 Å². The van der Waals surface area contributed by atoms with Gasteiger partial charge < -0.3 is 20.1 Å². The Bertz CT molecular complexity index is 1140. The first-order valence-corrected chi connectivity index (χ1v) is 10.1. The molecular weight excluding hydrogens is 423 g/mol. The molecule has 1 aliphatic heterocycles. The molecule has 1 fully saturated rings. The van der Waals surface area contributed by atoms with Gasteiger partial charge in [-0.3, -0.25) is 4.79 Å². The van der Waals surface area contributed by atoms with Gasteiger partial charge in [0.15, 0.2) is 0 Å². The number of aromatic nitrogens is 2. The maximum absolute atomic E-state index is 13.5. The summed E-state index contributed by atoms with van der Waals surface area (Å²) in [7, 11) is 0. The van der Waals surface area contributed by atoms with Crippen LogP contribution in [0, 0.1) is 5.82 Å². The van der Waals surface area contributed by atoms with Crippen LogP contribution in [0.25, 0.3) is 10.9 Å². The molecule has 7 nitrogen and oxygen atoms in total. The standard InChI is InChI=1S/C22H20ClFN4O3/c1-2-3-21(29)28-19-9-15-18(10-20(19)31-14-6-7-30-11-14)25-12-26-22(15)27-13-4-5-17(24)16(23)8-13/h2,4-5,8-10,12,14H,1,3,6-7,11H2,(H,28,29)(H,25,26,27)/t14-/m0/s1. The highest BCUT2D eigenvalue weighted by Crippen LogP contribution is 2.35. The van der Waals surface area contributed by atoms with Crippen LogP contribution in [0.4, 0.5) is 21.6 Å². The van der Waals surface area contributed by atoms with Gasteiger partial charge in [-0.05, 0) is 24.3 Å². The second-order valence-corrected chi connectivity index (χ2v) is 7.39. The zero-order valence-corrected chi connectivity index (χ0v) is 17.3. The van der Waals surface area contributed by atoms with Crippen LogP contribution in [-0.2, 0) is 9.53 Å². The third-order valence-electron chi connectivity index (χ3n) is 4.70. The highest BCUT2D eigenvalue weighted by atomic mass is 35.5. The largest absolute Gasteiger partial charge is 0.486 e. The molecule has 2 aromatic carbocycles. The average Bonchev–Trinajstić information content (AvgIpc) is 3.25. The number of carbonyl (C=O) groups excluding carboxylic acids is 1. The van der Waals surface area contributed by atoms with Crippen molar-refractivity contribution < 1.29 is 18.7 Å². The molecule has 1 atom stereocenters. The minimum Gasteiger partial charge on any atom is -0.486 e. The van der Waals surface area contributed by atoms with Crippen molar-refractivity contribution in [2.24, 2.45) is 0 Å². The minimum absolute atomic E-state index is 0.00444. The molecule has 3 aromatic rings. The number of nitrogens with one attached hydrogen (secondary N) is 2. The fourth-order valence-electron chi connectivity index (χ4n) is 3.21. The molecule has 1 aromatic heterocycles. The Morgan fingerprint density at radius 1 is 1.35 bits per heavy atom. The van der Waals surface area contributed by atoms with E-state index in [1.54, 1.807) is 18.2 Å². The lowest BCUT2D eigenvalue weighted by atomic mass is 10.1. The van der Waals surface area contributed by atoms with Gasteiger partial charge >= 0.3 is 0 Å². The van der Waals surface area contributed by atoms with Gasteiger partial charge in [-0.15, -0.1) is 6.58 Å². The van der Waals surface area contributed by atoms with Gasteiger partial charge in [-0.25, -0.2) is 14.4 Å². The molecule has 2 heterocycles. The van der Waals surface area contributed by atoms with Crippen molar-refractivity contribution in [1.29, 1.82) is 0 Å². The predicted octanol–water partition coefficient (Wildman–Crippen LogP) is 4.85. The van der Waals surface area contributed by atoms with E-state index in [9.17, 15) is 9.18 Å². The topological polar surface area (TPSA) is 85.4 Å². The van der Waals surface area contributed by atoms with Crippen molar-refractivity contribution >= 4 is 45.6 Å². The molecule has 9 heteroatoms. The Kier molecular flexibility index (Phi) is 6.29. The Hall–Kier alpha value is -3.23. The van der Waals surface area contributed by atoms with E-state index in [1.165, 1.54) is 24.5 Å². The molecule has 31 heavy (non-hydrogen) atoms. The van der Waals surface area contributed by atoms with Crippen molar-refractivity contribution in [3.05, 3.63) is 60.2 Å². The first kappa shape index (κ1) is 21.0.